The lowest BCUT2D eigenvalue weighted by atomic mass is 10.2. The highest BCUT2D eigenvalue weighted by molar-refractivity contribution is 14.1. The van der Waals surface area contributed by atoms with Crippen LogP contribution >= 0.6 is 33.9 Å². The van der Waals surface area contributed by atoms with Crippen molar-refractivity contribution in [3.05, 3.63) is 27.6 Å². The zero-order valence-corrected chi connectivity index (χ0v) is 13.4. The van der Waals surface area contributed by atoms with Crippen LogP contribution in [0.2, 0.25) is 0 Å². The van der Waals surface area contributed by atoms with E-state index in [0.29, 0.717) is 5.92 Å². The normalized spacial score (nSPS) is 11.6. The lowest BCUT2D eigenvalue weighted by Gasteiger charge is -2.02. The van der Waals surface area contributed by atoms with Crippen molar-refractivity contribution >= 4 is 44.6 Å². The van der Waals surface area contributed by atoms with Gasteiger partial charge < -0.3 is 5.73 Å². The molecule has 0 atom stereocenters. The summed E-state index contributed by atoms with van der Waals surface area (Å²) < 4.78 is 2.95. The zero-order valence-electron chi connectivity index (χ0n) is 10.5. The van der Waals surface area contributed by atoms with Crippen LogP contribution in [0.3, 0.4) is 0 Å². The van der Waals surface area contributed by atoms with Crippen LogP contribution in [-0.4, -0.2) is 19.8 Å². The van der Waals surface area contributed by atoms with Crippen LogP contribution in [0.25, 0.3) is 15.5 Å². The number of nitrogen functional groups attached to an aromatic ring is 1. The minimum absolute atomic E-state index is 0.290. The van der Waals surface area contributed by atoms with E-state index in [0.717, 1.165) is 30.6 Å². The fourth-order valence-corrected chi connectivity index (χ4v) is 3.19. The summed E-state index contributed by atoms with van der Waals surface area (Å²) >= 11 is 3.78. The second-order valence-corrected chi connectivity index (χ2v) is 6.75. The Bertz CT molecular complexity index is 746. The van der Waals surface area contributed by atoms with E-state index in [2.05, 4.69) is 51.7 Å². The van der Waals surface area contributed by atoms with E-state index in [1.807, 2.05) is 22.7 Å². The van der Waals surface area contributed by atoms with Gasteiger partial charge in [-0.15, -0.1) is 10.2 Å². The summed E-state index contributed by atoms with van der Waals surface area (Å²) in [6, 6.07) is 5.93. The van der Waals surface area contributed by atoms with Crippen molar-refractivity contribution in [2.45, 2.75) is 19.8 Å². The van der Waals surface area contributed by atoms with Crippen LogP contribution in [0, 0.1) is 3.57 Å². The monoisotopic (exact) mass is 385 g/mol. The number of aromatic nitrogens is 4. The Morgan fingerprint density at radius 2 is 2.11 bits per heavy atom. The summed E-state index contributed by atoms with van der Waals surface area (Å²) in [5.41, 5.74) is 7.72. The molecule has 2 heterocycles. The molecule has 98 valence electrons. The molecule has 3 aromatic rings. The highest BCUT2D eigenvalue weighted by Crippen LogP contribution is 2.31. The molecule has 0 aliphatic carbocycles. The van der Waals surface area contributed by atoms with Crippen LogP contribution in [0.4, 0.5) is 5.69 Å². The molecular weight excluding hydrogens is 373 g/mol. The van der Waals surface area contributed by atoms with Crippen molar-refractivity contribution in [3.63, 3.8) is 0 Å². The summed E-state index contributed by atoms with van der Waals surface area (Å²) in [6.45, 7) is 4.16. The predicted molar refractivity (Wildman–Crippen MR) is 85.3 cm³/mol. The molecule has 0 aliphatic heterocycles. The van der Waals surface area contributed by atoms with Gasteiger partial charge in [-0.3, -0.25) is 0 Å². The first-order chi connectivity index (χ1) is 9.06. The fourth-order valence-electron chi connectivity index (χ4n) is 1.81. The maximum atomic E-state index is 6.03. The first kappa shape index (κ1) is 12.8. The minimum atomic E-state index is 0.290. The Kier molecular flexibility index (Phi) is 3.17. The Labute approximate surface area is 128 Å². The van der Waals surface area contributed by atoms with Gasteiger partial charge in [0.15, 0.2) is 5.82 Å². The van der Waals surface area contributed by atoms with Crippen LogP contribution in [0.5, 0.6) is 0 Å². The number of hydrogen-bond acceptors (Lipinski definition) is 5. The Balaban J connectivity index is 2.18. The van der Waals surface area contributed by atoms with Gasteiger partial charge in [0.2, 0.25) is 4.96 Å². The number of rotatable bonds is 2. The van der Waals surface area contributed by atoms with Gasteiger partial charge in [0.05, 0.1) is 0 Å². The van der Waals surface area contributed by atoms with Crippen molar-refractivity contribution in [3.8, 4) is 10.6 Å². The number of halogens is 1. The van der Waals surface area contributed by atoms with Crippen molar-refractivity contribution in [1.29, 1.82) is 0 Å². The van der Waals surface area contributed by atoms with Gasteiger partial charge in [-0.2, -0.15) is 9.61 Å². The van der Waals surface area contributed by atoms with Crippen molar-refractivity contribution in [1.82, 2.24) is 19.8 Å². The van der Waals surface area contributed by atoms with Crippen molar-refractivity contribution < 1.29 is 0 Å². The molecule has 3 rings (SSSR count). The van der Waals surface area contributed by atoms with E-state index >= 15 is 0 Å². The number of nitrogens with zero attached hydrogens (tertiary/aromatic N) is 4. The first-order valence-corrected chi connectivity index (χ1v) is 7.73. The van der Waals surface area contributed by atoms with Gasteiger partial charge in [0.25, 0.3) is 0 Å². The molecule has 0 radical (unpaired) electrons. The summed E-state index contributed by atoms with van der Waals surface area (Å²) in [5.74, 6) is 1.17. The Hall–Kier alpha value is -1.22. The summed E-state index contributed by atoms with van der Waals surface area (Å²) in [4.78, 5) is 0.803. The molecule has 0 aliphatic rings. The van der Waals surface area contributed by atoms with Gasteiger partial charge in [0, 0.05) is 20.7 Å². The van der Waals surface area contributed by atoms with E-state index in [1.165, 1.54) is 11.3 Å². The van der Waals surface area contributed by atoms with E-state index in [1.54, 1.807) is 0 Å². The van der Waals surface area contributed by atoms with Crippen LogP contribution in [0.1, 0.15) is 25.6 Å². The number of fused-ring (bicyclic) bond motifs is 1. The molecule has 0 spiro atoms. The van der Waals surface area contributed by atoms with E-state index in [4.69, 9.17) is 5.73 Å². The molecule has 2 aromatic heterocycles. The Morgan fingerprint density at radius 1 is 1.32 bits per heavy atom. The standard InChI is InChI=1S/C12H12IN5S/c1-6(2)10-15-16-12-18(10)17-11(19-12)8-5-7(13)3-4-9(8)14/h3-6H,14H2,1-2H3. The molecule has 0 bridgehead atoms. The lowest BCUT2D eigenvalue weighted by Crippen LogP contribution is -1.98. The third-order valence-electron chi connectivity index (χ3n) is 2.78. The topological polar surface area (TPSA) is 69.1 Å². The average Bonchev–Trinajstić information content (AvgIpc) is 2.91. The van der Waals surface area contributed by atoms with Gasteiger partial charge >= 0.3 is 0 Å². The third kappa shape index (κ3) is 2.20. The number of nitrogens with two attached hydrogens (primary N) is 1. The van der Waals surface area contributed by atoms with Crippen LogP contribution < -0.4 is 5.73 Å². The maximum absolute atomic E-state index is 6.03. The van der Waals surface area contributed by atoms with Gasteiger partial charge in [-0.05, 0) is 40.8 Å². The molecule has 0 saturated heterocycles. The molecule has 0 amide bonds. The smallest absolute Gasteiger partial charge is 0.234 e. The lowest BCUT2D eigenvalue weighted by molar-refractivity contribution is 0.727. The predicted octanol–water partition coefficient (Wildman–Crippen LogP) is 3.16. The zero-order chi connectivity index (χ0) is 13.6. The van der Waals surface area contributed by atoms with Gasteiger partial charge in [0.1, 0.15) is 5.01 Å². The van der Waals surface area contributed by atoms with Gasteiger partial charge in [-0.1, -0.05) is 25.2 Å². The molecule has 19 heavy (non-hydrogen) atoms. The van der Waals surface area contributed by atoms with E-state index in [-0.39, 0.29) is 0 Å². The fraction of sp³-hybridized carbons (Fsp3) is 0.250. The molecule has 1 aromatic carbocycles. The summed E-state index contributed by atoms with van der Waals surface area (Å²) in [5, 5.41) is 13.8. The number of anilines is 1. The average molecular weight is 385 g/mol. The first-order valence-electron chi connectivity index (χ1n) is 5.84. The molecule has 2 N–H and O–H groups in total. The summed E-state index contributed by atoms with van der Waals surface area (Å²) in [7, 11) is 0. The van der Waals surface area contributed by atoms with Crippen LogP contribution in [0.15, 0.2) is 18.2 Å². The van der Waals surface area contributed by atoms with Gasteiger partial charge in [-0.25, -0.2) is 0 Å². The second kappa shape index (κ2) is 4.71. The van der Waals surface area contributed by atoms with E-state index in [9.17, 15) is 0 Å². The molecule has 7 heteroatoms. The van der Waals surface area contributed by atoms with Crippen molar-refractivity contribution in [2.24, 2.45) is 0 Å². The maximum Gasteiger partial charge on any atom is 0.234 e. The molecule has 5 nitrogen and oxygen atoms in total. The molecule has 0 fully saturated rings. The Morgan fingerprint density at radius 3 is 2.84 bits per heavy atom. The van der Waals surface area contributed by atoms with Crippen LogP contribution in [-0.2, 0) is 0 Å². The summed E-state index contributed by atoms with van der Waals surface area (Å²) in [6.07, 6.45) is 0. The number of benzene rings is 1. The largest absolute Gasteiger partial charge is 0.398 e. The quantitative estimate of drug-likeness (QED) is 0.544. The highest BCUT2D eigenvalue weighted by Gasteiger charge is 2.16. The highest BCUT2D eigenvalue weighted by atomic mass is 127. The number of hydrogen-bond donors (Lipinski definition) is 1. The molecule has 0 unspecified atom stereocenters. The second-order valence-electron chi connectivity index (χ2n) is 4.55. The molecule has 0 saturated carbocycles. The minimum Gasteiger partial charge on any atom is -0.398 e. The third-order valence-corrected chi connectivity index (χ3v) is 4.38. The molecular formula is C12H12IN5S. The SMILES string of the molecule is CC(C)c1nnc2sc(-c3cc(I)ccc3N)nn12. The van der Waals surface area contributed by atoms with E-state index < -0.39 is 0 Å². The van der Waals surface area contributed by atoms with Crippen molar-refractivity contribution in [2.75, 3.05) is 5.73 Å².